The highest BCUT2D eigenvalue weighted by molar-refractivity contribution is 5.84. The maximum Gasteiger partial charge on any atom is 0.229 e. The molecule has 2 amide bonds. The van der Waals surface area contributed by atoms with Gasteiger partial charge < -0.3 is 19.3 Å². The third-order valence-electron chi connectivity index (χ3n) is 4.89. The van der Waals surface area contributed by atoms with Gasteiger partial charge in [0.2, 0.25) is 11.8 Å². The first kappa shape index (κ1) is 16.0. The summed E-state index contributed by atoms with van der Waals surface area (Å²) in [7, 11) is 2.08. The Morgan fingerprint density at radius 1 is 1.17 bits per heavy atom. The van der Waals surface area contributed by atoms with Crippen LogP contribution in [0.3, 0.4) is 0 Å². The zero-order valence-electron chi connectivity index (χ0n) is 13.9. The molecule has 0 radical (unpaired) electrons. The van der Waals surface area contributed by atoms with E-state index >= 15 is 0 Å². The largest absolute Gasteiger partial charge is 0.341 e. The van der Waals surface area contributed by atoms with Crippen LogP contribution in [0.15, 0.2) is 12.4 Å². The first-order valence-corrected chi connectivity index (χ1v) is 8.27. The van der Waals surface area contributed by atoms with E-state index in [1.54, 1.807) is 11.1 Å². The van der Waals surface area contributed by atoms with Crippen molar-refractivity contribution in [2.24, 2.45) is 5.92 Å². The number of aromatic nitrogens is 2. The van der Waals surface area contributed by atoms with E-state index in [2.05, 4.69) is 16.9 Å². The van der Waals surface area contributed by atoms with Crippen molar-refractivity contribution in [1.82, 2.24) is 24.3 Å². The zero-order valence-corrected chi connectivity index (χ0v) is 13.9. The zero-order chi connectivity index (χ0) is 16.4. The molecule has 2 saturated heterocycles. The quantitative estimate of drug-likeness (QED) is 0.772. The molecule has 0 saturated carbocycles. The highest BCUT2D eigenvalue weighted by atomic mass is 16.2. The summed E-state index contributed by atoms with van der Waals surface area (Å²) in [5, 5.41) is 0. The number of aryl methyl sites for hydroxylation is 2. The average molecular weight is 319 g/mol. The number of nitrogens with zero attached hydrogens (tertiary/aromatic N) is 5. The van der Waals surface area contributed by atoms with Crippen molar-refractivity contribution >= 4 is 11.8 Å². The lowest BCUT2D eigenvalue weighted by Crippen LogP contribution is -2.58. The number of rotatable bonds is 4. The fourth-order valence-corrected chi connectivity index (χ4v) is 3.14. The summed E-state index contributed by atoms with van der Waals surface area (Å²) >= 11 is 0. The topological polar surface area (TPSA) is 61.7 Å². The van der Waals surface area contributed by atoms with E-state index in [9.17, 15) is 9.59 Å². The molecule has 3 heterocycles. The highest BCUT2D eigenvalue weighted by Gasteiger charge is 2.38. The smallest absolute Gasteiger partial charge is 0.229 e. The second-order valence-electron chi connectivity index (χ2n) is 6.54. The van der Waals surface area contributed by atoms with E-state index in [-0.39, 0.29) is 17.7 Å². The lowest BCUT2D eigenvalue weighted by atomic mass is 9.97. The fourth-order valence-electron chi connectivity index (χ4n) is 3.14. The van der Waals surface area contributed by atoms with Crippen LogP contribution < -0.4 is 0 Å². The Labute approximate surface area is 136 Å². The summed E-state index contributed by atoms with van der Waals surface area (Å²) in [5.41, 5.74) is 0. The summed E-state index contributed by atoms with van der Waals surface area (Å²) in [6, 6.07) is 0. The highest BCUT2D eigenvalue weighted by Crippen LogP contribution is 2.20. The maximum absolute atomic E-state index is 12.4. The van der Waals surface area contributed by atoms with E-state index in [0.29, 0.717) is 26.1 Å². The lowest BCUT2D eigenvalue weighted by molar-refractivity contribution is -0.149. The monoisotopic (exact) mass is 319 g/mol. The average Bonchev–Trinajstić information content (AvgIpc) is 2.89. The van der Waals surface area contributed by atoms with Crippen LogP contribution in [0.25, 0.3) is 0 Å². The van der Waals surface area contributed by atoms with Crippen molar-refractivity contribution in [2.75, 3.05) is 46.3 Å². The van der Waals surface area contributed by atoms with E-state index in [0.717, 1.165) is 32.0 Å². The Bertz CT molecular complexity index is 571. The summed E-state index contributed by atoms with van der Waals surface area (Å²) in [6.07, 6.45) is 4.10. The molecule has 0 spiro atoms. The maximum atomic E-state index is 12.4. The molecule has 0 aliphatic carbocycles. The number of amides is 2. The van der Waals surface area contributed by atoms with Gasteiger partial charge in [-0.05, 0) is 14.0 Å². The van der Waals surface area contributed by atoms with Gasteiger partial charge in [0.15, 0.2) is 0 Å². The second kappa shape index (κ2) is 6.70. The fraction of sp³-hybridized carbons (Fsp3) is 0.688. The normalized spacial score (nSPS) is 19.7. The van der Waals surface area contributed by atoms with Gasteiger partial charge in [-0.1, -0.05) is 0 Å². The van der Waals surface area contributed by atoms with Gasteiger partial charge in [0.1, 0.15) is 5.82 Å². The Morgan fingerprint density at radius 3 is 2.48 bits per heavy atom. The summed E-state index contributed by atoms with van der Waals surface area (Å²) in [4.78, 5) is 34.7. The van der Waals surface area contributed by atoms with Crippen molar-refractivity contribution in [2.45, 2.75) is 19.9 Å². The standard InChI is InChI=1S/C16H25N5O2/c1-13-17-4-6-19(13)5-3-15(22)21-11-14(12-21)16(23)20-9-7-18(2)8-10-20/h4,6,14H,3,5,7-12H2,1-2H3. The van der Waals surface area contributed by atoms with Gasteiger partial charge in [0, 0.05) is 64.6 Å². The summed E-state index contributed by atoms with van der Waals surface area (Å²) in [5.74, 6) is 1.26. The number of piperazine rings is 1. The Hall–Kier alpha value is -1.89. The minimum Gasteiger partial charge on any atom is -0.341 e. The Morgan fingerprint density at radius 2 is 1.87 bits per heavy atom. The molecular formula is C16H25N5O2. The molecular weight excluding hydrogens is 294 g/mol. The predicted octanol–water partition coefficient (Wildman–Crippen LogP) is -0.186. The summed E-state index contributed by atoms with van der Waals surface area (Å²) < 4.78 is 1.98. The van der Waals surface area contributed by atoms with Gasteiger partial charge >= 0.3 is 0 Å². The third kappa shape index (κ3) is 3.55. The lowest BCUT2D eigenvalue weighted by Gasteiger charge is -2.42. The molecule has 3 rings (SSSR count). The van der Waals surface area contributed by atoms with Crippen LogP contribution in [0.1, 0.15) is 12.2 Å². The van der Waals surface area contributed by atoms with Gasteiger partial charge in [-0.15, -0.1) is 0 Å². The first-order valence-electron chi connectivity index (χ1n) is 8.27. The van der Waals surface area contributed by atoms with Gasteiger partial charge in [-0.25, -0.2) is 4.98 Å². The Balaban J connectivity index is 1.40. The van der Waals surface area contributed by atoms with Gasteiger partial charge in [0.25, 0.3) is 0 Å². The van der Waals surface area contributed by atoms with Crippen LogP contribution in [0.4, 0.5) is 0 Å². The molecule has 0 unspecified atom stereocenters. The van der Waals surface area contributed by atoms with Crippen molar-refractivity contribution in [3.63, 3.8) is 0 Å². The van der Waals surface area contributed by atoms with Gasteiger partial charge in [-0.3, -0.25) is 9.59 Å². The van der Waals surface area contributed by atoms with Crippen LogP contribution in [0.2, 0.25) is 0 Å². The van der Waals surface area contributed by atoms with E-state index < -0.39 is 0 Å². The number of likely N-dealkylation sites (tertiary alicyclic amines) is 1. The molecule has 126 valence electrons. The summed E-state index contributed by atoms with van der Waals surface area (Å²) in [6.45, 7) is 7.22. The third-order valence-corrected chi connectivity index (χ3v) is 4.89. The number of hydrogen-bond donors (Lipinski definition) is 0. The van der Waals surface area contributed by atoms with Crippen molar-refractivity contribution < 1.29 is 9.59 Å². The van der Waals surface area contributed by atoms with Crippen molar-refractivity contribution in [3.05, 3.63) is 18.2 Å². The second-order valence-corrected chi connectivity index (χ2v) is 6.54. The minimum absolute atomic E-state index is 0.00247. The molecule has 2 aliphatic rings. The molecule has 0 N–H and O–H groups in total. The number of likely N-dealkylation sites (N-methyl/N-ethyl adjacent to an activating group) is 1. The number of imidazole rings is 1. The van der Waals surface area contributed by atoms with E-state index in [1.165, 1.54) is 0 Å². The predicted molar refractivity (Wildman–Crippen MR) is 85.7 cm³/mol. The SMILES string of the molecule is Cc1nccn1CCC(=O)N1CC(C(=O)N2CCN(C)CC2)C1. The van der Waals surface area contributed by atoms with E-state index in [4.69, 9.17) is 0 Å². The van der Waals surface area contributed by atoms with Crippen LogP contribution in [-0.2, 0) is 16.1 Å². The minimum atomic E-state index is -0.00247. The molecule has 1 aromatic heterocycles. The van der Waals surface area contributed by atoms with Crippen LogP contribution in [0.5, 0.6) is 0 Å². The molecule has 7 nitrogen and oxygen atoms in total. The molecule has 1 aromatic rings. The van der Waals surface area contributed by atoms with Crippen LogP contribution in [0, 0.1) is 12.8 Å². The molecule has 0 atom stereocenters. The first-order chi connectivity index (χ1) is 11.0. The molecule has 2 fully saturated rings. The molecule has 7 heteroatoms. The number of carbonyl (C=O) groups is 2. The van der Waals surface area contributed by atoms with Crippen LogP contribution >= 0.6 is 0 Å². The Kier molecular flexibility index (Phi) is 4.66. The number of carbonyl (C=O) groups excluding carboxylic acids is 2. The molecule has 0 aromatic carbocycles. The molecule has 2 aliphatic heterocycles. The van der Waals surface area contributed by atoms with Crippen molar-refractivity contribution in [3.8, 4) is 0 Å². The molecule has 23 heavy (non-hydrogen) atoms. The van der Waals surface area contributed by atoms with Gasteiger partial charge in [0.05, 0.1) is 5.92 Å². The van der Waals surface area contributed by atoms with E-state index in [1.807, 2.05) is 22.6 Å². The van der Waals surface area contributed by atoms with Gasteiger partial charge in [-0.2, -0.15) is 0 Å². The van der Waals surface area contributed by atoms with Crippen LogP contribution in [-0.4, -0.2) is 82.4 Å². The number of hydrogen-bond acceptors (Lipinski definition) is 4. The molecule has 0 bridgehead atoms. The van der Waals surface area contributed by atoms with Crippen molar-refractivity contribution in [1.29, 1.82) is 0 Å².